The second-order valence-electron chi connectivity index (χ2n) is 6.55. The lowest BCUT2D eigenvalue weighted by Crippen LogP contribution is -2.25. The van der Waals surface area contributed by atoms with Gasteiger partial charge in [-0.1, -0.05) is 86.9 Å². The van der Waals surface area contributed by atoms with Gasteiger partial charge in [0.05, 0.1) is 0 Å². The maximum Gasteiger partial charge on any atom is 0.407 e. The Morgan fingerprint density at radius 2 is 1.41 bits per heavy atom. The lowest BCUT2D eigenvalue weighted by Gasteiger charge is -2.07. The maximum absolute atomic E-state index is 11.6. The van der Waals surface area contributed by atoms with Crippen LogP contribution in [-0.2, 0) is 20.9 Å². The van der Waals surface area contributed by atoms with Gasteiger partial charge in [0.2, 0.25) is 0 Å². The van der Waals surface area contributed by atoms with Crippen LogP contribution in [0.1, 0.15) is 69.8 Å². The Balaban J connectivity index is 1.81. The summed E-state index contributed by atoms with van der Waals surface area (Å²) in [5, 5.41) is 2.79. The number of rotatable bonds is 15. The first-order chi connectivity index (χ1) is 13.2. The summed E-state index contributed by atoms with van der Waals surface area (Å²) >= 11 is 5.32. The largest absolute Gasteiger partial charge is 0.449 e. The summed E-state index contributed by atoms with van der Waals surface area (Å²) in [5.41, 5.74) is 0.989. The van der Waals surface area contributed by atoms with E-state index in [0.29, 0.717) is 19.6 Å². The Labute approximate surface area is 167 Å². The molecule has 1 rings (SSSR count). The number of amides is 1. The van der Waals surface area contributed by atoms with Crippen molar-refractivity contribution in [1.29, 1.82) is 0 Å². The SMILES string of the molecule is O=C(CCCCCCCCCCCNC(=O)OCc1ccccc1)OCCl. The molecule has 0 aromatic heterocycles. The number of alkyl carbamates (subject to hydrolysis) is 1. The Morgan fingerprint density at radius 1 is 0.815 bits per heavy atom. The molecule has 0 radical (unpaired) electrons. The fourth-order valence-corrected chi connectivity index (χ4v) is 2.85. The number of benzene rings is 1. The van der Waals surface area contributed by atoms with E-state index in [1.807, 2.05) is 30.3 Å². The molecule has 0 saturated carbocycles. The average molecular weight is 398 g/mol. The Bertz CT molecular complexity index is 510. The number of ether oxygens (including phenoxy) is 2. The number of alkyl halides is 1. The summed E-state index contributed by atoms with van der Waals surface area (Å²) in [5.74, 6) is -0.206. The summed E-state index contributed by atoms with van der Waals surface area (Å²) < 4.78 is 9.84. The van der Waals surface area contributed by atoms with Gasteiger partial charge < -0.3 is 14.8 Å². The van der Waals surface area contributed by atoms with Crippen LogP contribution in [0.15, 0.2) is 30.3 Å². The third-order valence-corrected chi connectivity index (χ3v) is 4.36. The molecule has 1 N–H and O–H groups in total. The zero-order valence-electron chi connectivity index (χ0n) is 16.1. The van der Waals surface area contributed by atoms with Crippen molar-refractivity contribution in [2.24, 2.45) is 0 Å². The molecule has 0 unspecified atom stereocenters. The lowest BCUT2D eigenvalue weighted by molar-refractivity contribution is -0.141. The van der Waals surface area contributed by atoms with Gasteiger partial charge in [0.25, 0.3) is 0 Å². The number of esters is 1. The van der Waals surface area contributed by atoms with Crippen molar-refractivity contribution in [2.75, 3.05) is 12.6 Å². The highest BCUT2D eigenvalue weighted by Crippen LogP contribution is 2.11. The van der Waals surface area contributed by atoms with Crippen molar-refractivity contribution in [3.8, 4) is 0 Å². The van der Waals surface area contributed by atoms with Crippen LogP contribution in [0.4, 0.5) is 4.79 Å². The number of hydrogen-bond donors (Lipinski definition) is 1. The third kappa shape index (κ3) is 14.0. The first-order valence-corrected chi connectivity index (χ1v) is 10.4. The topological polar surface area (TPSA) is 64.6 Å². The normalized spacial score (nSPS) is 10.4. The average Bonchev–Trinajstić information content (AvgIpc) is 2.68. The van der Waals surface area contributed by atoms with Crippen LogP contribution in [0.5, 0.6) is 0 Å². The summed E-state index contributed by atoms with van der Waals surface area (Å²) in [4.78, 5) is 22.7. The van der Waals surface area contributed by atoms with Gasteiger partial charge >= 0.3 is 12.1 Å². The highest BCUT2D eigenvalue weighted by atomic mass is 35.5. The fraction of sp³-hybridized carbons (Fsp3) is 0.619. The molecule has 5 nitrogen and oxygen atoms in total. The molecular weight excluding hydrogens is 366 g/mol. The molecule has 0 saturated heterocycles. The number of halogens is 1. The molecule has 0 aliphatic heterocycles. The summed E-state index contributed by atoms with van der Waals surface area (Å²) in [7, 11) is 0. The quantitative estimate of drug-likeness (QED) is 0.239. The number of hydrogen-bond acceptors (Lipinski definition) is 4. The molecule has 0 spiro atoms. The van der Waals surface area contributed by atoms with E-state index in [0.717, 1.165) is 37.7 Å². The number of unbranched alkanes of at least 4 members (excludes halogenated alkanes) is 8. The van der Waals surface area contributed by atoms with E-state index in [1.165, 1.54) is 25.7 Å². The minimum Gasteiger partial charge on any atom is -0.449 e. The fourth-order valence-electron chi connectivity index (χ4n) is 2.73. The number of nitrogens with one attached hydrogen (secondary N) is 1. The third-order valence-electron chi connectivity index (χ3n) is 4.26. The van der Waals surface area contributed by atoms with E-state index in [-0.39, 0.29) is 18.1 Å². The van der Waals surface area contributed by atoms with Gasteiger partial charge in [-0.25, -0.2) is 4.79 Å². The van der Waals surface area contributed by atoms with Crippen LogP contribution in [-0.4, -0.2) is 24.7 Å². The van der Waals surface area contributed by atoms with Gasteiger partial charge in [0, 0.05) is 13.0 Å². The minimum absolute atomic E-state index is 0.0524. The minimum atomic E-state index is -0.353. The second kappa shape index (κ2) is 16.4. The standard InChI is InChI=1S/C21H32ClNO4/c22-18-27-20(24)15-11-6-4-2-1-3-5-7-12-16-23-21(25)26-17-19-13-9-8-10-14-19/h8-10,13-14H,1-7,11-12,15-18H2,(H,23,25). The maximum atomic E-state index is 11.6. The number of carbonyl (C=O) groups is 2. The van der Waals surface area contributed by atoms with E-state index >= 15 is 0 Å². The number of carbonyl (C=O) groups excluding carboxylic acids is 2. The van der Waals surface area contributed by atoms with Crippen LogP contribution in [0.25, 0.3) is 0 Å². The van der Waals surface area contributed by atoms with Crippen molar-refractivity contribution < 1.29 is 19.1 Å². The molecule has 27 heavy (non-hydrogen) atoms. The second-order valence-corrected chi connectivity index (χ2v) is 6.76. The van der Waals surface area contributed by atoms with Crippen LogP contribution >= 0.6 is 11.6 Å². The Hall–Kier alpha value is -1.75. The molecule has 0 bridgehead atoms. The van der Waals surface area contributed by atoms with E-state index < -0.39 is 0 Å². The van der Waals surface area contributed by atoms with Crippen molar-refractivity contribution >= 4 is 23.7 Å². The molecule has 152 valence electrons. The van der Waals surface area contributed by atoms with E-state index in [2.05, 4.69) is 10.1 Å². The predicted molar refractivity (Wildman–Crippen MR) is 108 cm³/mol. The molecule has 0 aliphatic rings. The first-order valence-electron chi connectivity index (χ1n) is 9.88. The summed E-state index contributed by atoms with van der Waals surface area (Å²) in [6.07, 6.45) is 10.1. The molecule has 6 heteroatoms. The highest BCUT2D eigenvalue weighted by molar-refractivity contribution is 6.17. The molecule has 1 aromatic rings. The molecule has 1 aromatic carbocycles. The van der Waals surface area contributed by atoms with E-state index in [9.17, 15) is 9.59 Å². The monoisotopic (exact) mass is 397 g/mol. The van der Waals surface area contributed by atoms with Crippen LogP contribution in [0.3, 0.4) is 0 Å². The van der Waals surface area contributed by atoms with Crippen molar-refractivity contribution in [2.45, 2.75) is 70.8 Å². The van der Waals surface area contributed by atoms with Crippen molar-refractivity contribution in [1.82, 2.24) is 5.32 Å². The van der Waals surface area contributed by atoms with Crippen molar-refractivity contribution in [3.63, 3.8) is 0 Å². The van der Waals surface area contributed by atoms with E-state index in [1.54, 1.807) is 0 Å². The van der Waals surface area contributed by atoms with Crippen molar-refractivity contribution in [3.05, 3.63) is 35.9 Å². The lowest BCUT2D eigenvalue weighted by atomic mass is 10.1. The molecule has 1 amide bonds. The van der Waals surface area contributed by atoms with Crippen LogP contribution in [0, 0.1) is 0 Å². The molecule has 0 heterocycles. The molecular formula is C21H32ClNO4. The van der Waals surface area contributed by atoms with E-state index in [4.69, 9.17) is 16.3 Å². The van der Waals surface area contributed by atoms with Crippen LogP contribution in [0.2, 0.25) is 0 Å². The smallest absolute Gasteiger partial charge is 0.407 e. The first kappa shape index (κ1) is 23.3. The van der Waals surface area contributed by atoms with Gasteiger partial charge in [-0.05, 0) is 18.4 Å². The zero-order chi connectivity index (χ0) is 19.6. The van der Waals surface area contributed by atoms with Gasteiger partial charge in [0.15, 0.2) is 6.07 Å². The predicted octanol–water partition coefficient (Wildman–Crippen LogP) is 5.55. The molecule has 0 fully saturated rings. The van der Waals surface area contributed by atoms with Crippen LogP contribution < -0.4 is 5.32 Å². The van der Waals surface area contributed by atoms with Gasteiger partial charge in [-0.2, -0.15) is 0 Å². The van der Waals surface area contributed by atoms with Gasteiger partial charge in [0.1, 0.15) is 6.61 Å². The zero-order valence-corrected chi connectivity index (χ0v) is 16.8. The molecule has 0 atom stereocenters. The highest BCUT2D eigenvalue weighted by Gasteiger charge is 2.02. The van der Waals surface area contributed by atoms with Gasteiger partial charge in [-0.3, -0.25) is 4.79 Å². The Kier molecular flexibility index (Phi) is 14.2. The van der Waals surface area contributed by atoms with Gasteiger partial charge in [-0.15, -0.1) is 0 Å². The Morgan fingerprint density at radius 3 is 2.04 bits per heavy atom. The molecule has 0 aliphatic carbocycles. The summed E-state index contributed by atoms with van der Waals surface area (Å²) in [6.45, 7) is 0.965. The summed E-state index contributed by atoms with van der Waals surface area (Å²) in [6, 6.07) is 9.60.